The van der Waals surface area contributed by atoms with Gasteiger partial charge < -0.3 is 10.2 Å². The Labute approximate surface area is 146 Å². The number of hydrogen-bond donors (Lipinski definition) is 1. The van der Waals surface area contributed by atoms with E-state index in [1.807, 2.05) is 19.9 Å². The molecule has 0 radical (unpaired) electrons. The van der Waals surface area contributed by atoms with Gasteiger partial charge in [-0.05, 0) is 44.4 Å². The third-order valence-electron chi connectivity index (χ3n) is 4.31. The van der Waals surface area contributed by atoms with Crippen molar-refractivity contribution in [2.24, 2.45) is 0 Å². The Morgan fingerprint density at radius 2 is 2.28 bits per heavy atom. The van der Waals surface area contributed by atoms with Gasteiger partial charge in [0.25, 0.3) is 5.91 Å². The molecule has 1 aliphatic heterocycles. The van der Waals surface area contributed by atoms with Crippen molar-refractivity contribution in [1.29, 1.82) is 5.26 Å². The summed E-state index contributed by atoms with van der Waals surface area (Å²) >= 11 is 0. The van der Waals surface area contributed by atoms with Crippen LogP contribution < -0.4 is 10.2 Å². The highest BCUT2D eigenvalue weighted by molar-refractivity contribution is 5.92. The molecule has 1 aliphatic rings. The lowest BCUT2D eigenvalue weighted by Crippen LogP contribution is -2.48. The molecule has 0 saturated carbocycles. The lowest BCUT2D eigenvalue weighted by Gasteiger charge is -2.34. The average Bonchev–Trinajstić information content (AvgIpc) is 2.62. The van der Waals surface area contributed by atoms with Gasteiger partial charge in [0, 0.05) is 31.0 Å². The van der Waals surface area contributed by atoms with Gasteiger partial charge in [-0.15, -0.1) is 0 Å². The first kappa shape index (κ1) is 16.8. The molecule has 3 rings (SSSR count). The first-order chi connectivity index (χ1) is 12.1. The van der Waals surface area contributed by atoms with Crippen LogP contribution in [0.1, 0.15) is 40.2 Å². The summed E-state index contributed by atoms with van der Waals surface area (Å²) in [6, 6.07) is 5.76. The van der Waals surface area contributed by atoms with Crippen LogP contribution in [-0.4, -0.2) is 40.0 Å². The molecule has 0 spiro atoms. The minimum absolute atomic E-state index is 0.00891. The van der Waals surface area contributed by atoms with Crippen LogP contribution in [0.25, 0.3) is 0 Å². The monoisotopic (exact) mass is 336 g/mol. The maximum absolute atomic E-state index is 12.3. The van der Waals surface area contributed by atoms with Crippen LogP contribution in [0.15, 0.2) is 24.7 Å². The van der Waals surface area contributed by atoms with Gasteiger partial charge in [0.05, 0.1) is 5.56 Å². The lowest BCUT2D eigenvalue weighted by atomic mass is 10.0. The summed E-state index contributed by atoms with van der Waals surface area (Å²) in [6.45, 7) is 5.30. The molecule has 2 aromatic rings. The molecule has 7 heteroatoms. The van der Waals surface area contributed by atoms with E-state index in [0.29, 0.717) is 23.6 Å². The van der Waals surface area contributed by atoms with E-state index in [2.05, 4.69) is 31.2 Å². The number of aryl methyl sites for hydroxylation is 2. The zero-order chi connectivity index (χ0) is 17.8. The van der Waals surface area contributed by atoms with Gasteiger partial charge in [-0.3, -0.25) is 4.79 Å². The first-order valence-electron chi connectivity index (χ1n) is 8.28. The third kappa shape index (κ3) is 3.74. The number of amides is 1. The summed E-state index contributed by atoms with van der Waals surface area (Å²) < 4.78 is 0. The van der Waals surface area contributed by atoms with E-state index in [1.165, 1.54) is 6.33 Å². The standard InChI is InChI=1S/C18H20N6O/c1-12-8-13(2)22-17(15(12)9-19)24-7-3-4-14(10-24)23-18(25)16-5-6-20-11-21-16/h5-6,8,11,14H,3-4,7,10H2,1-2H3,(H,23,25). The van der Waals surface area contributed by atoms with Crippen molar-refractivity contribution in [3.63, 3.8) is 0 Å². The number of rotatable bonds is 3. The Hall–Kier alpha value is -3.01. The van der Waals surface area contributed by atoms with E-state index >= 15 is 0 Å². The van der Waals surface area contributed by atoms with Crippen LogP contribution in [0.3, 0.4) is 0 Å². The van der Waals surface area contributed by atoms with Gasteiger partial charge in [-0.25, -0.2) is 15.0 Å². The second-order valence-corrected chi connectivity index (χ2v) is 6.24. The molecule has 7 nitrogen and oxygen atoms in total. The summed E-state index contributed by atoms with van der Waals surface area (Å²) in [7, 11) is 0. The fourth-order valence-corrected chi connectivity index (χ4v) is 3.16. The Bertz CT molecular complexity index is 814. The zero-order valence-electron chi connectivity index (χ0n) is 14.4. The van der Waals surface area contributed by atoms with Crippen molar-refractivity contribution < 1.29 is 4.79 Å². The topological polar surface area (TPSA) is 94.8 Å². The third-order valence-corrected chi connectivity index (χ3v) is 4.31. The number of nitrogens with one attached hydrogen (secondary N) is 1. The number of nitrogens with zero attached hydrogens (tertiary/aromatic N) is 5. The molecule has 1 N–H and O–H groups in total. The Balaban J connectivity index is 1.76. The highest BCUT2D eigenvalue weighted by Crippen LogP contribution is 2.25. The maximum Gasteiger partial charge on any atom is 0.270 e. The molecule has 1 atom stereocenters. The molecule has 1 fully saturated rings. The number of carbonyl (C=O) groups excluding carboxylic acids is 1. The Morgan fingerprint density at radius 1 is 1.44 bits per heavy atom. The number of nitriles is 1. The predicted molar refractivity (Wildman–Crippen MR) is 93.2 cm³/mol. The molecule has 1 amide bonds. The van der Waals surface area contributed by atoms with E-state index < -0.39 is 0 Å². The van der Waals surface area contributed by atoms with E-state index in [9.17, 15) is 10.1 Å². The van der Waals surface area contributed by atoms with Gasteiger partial charge in [0.15, 0.2) is 0 Å². The van der Waals surface area contributed by atoms with Crippen molar-refractivity contribution in [2.75, 3.05) is 18.0 Å². The molecule has 3 heterocycles. The summed E-state index contributed by atoms with van der Waals surface area (Å²) in [6.07, 6.45) is 4.72. The molecule has 1 unspecified atom stereocenters. The number of anilines is 1. The summed E-state index contributed by atoms with van der Waals surface area (Å²) in [5, 5.41) is 12.5. The summed E-state index contributed by atoms with van der Waals surface area (Å²) in [5.41, 5.74) is 2.78. The Kier molecular flexibility index (Phi) is 4.89. The van der Waals surface area contributed by atoms with E-state index in [4.69, 9.17) is 0 Å². The molecule has 1 saturated heterocycles. The van der Waals surface area contributed by atoms with Crippen LogP contribution in [0.5, 0.6) is 0 Å². The van der Waals surface area contributed by atoms with Crippen LogP contribution in [0.4, 0.5) is 5.82 Å². The predicted octanol–water partition coefficient (Wildman–Crippen LogP) is 1.76. The molecule has 128 valence electrons. The van der Waals surface area contributed by atoms with Gasteiger partial charge in [-0.1, -0.05) is 0 Å². The van der Waals surface area contributed by atoms with Crippen LogP contribution in [0.2, 0.25) is 0 Å². The van der Waals surface area contributed by atoms with Crippen LogP contribution in [-0.2, 0) is 0 Å². The quantitative estimate of drug-likeness (QED) is 0.918. The molecule has 0 aromatic carbocycles. The van der Waals surface area contributed by atoms with Gasteiger partial charge >= 0.3 is 0 Å². The van der Waals surface area contributed by atoms with Crippen molar-refractivity contribution in [3.8, 4) is 6.07 Å². The molecular weight excluding hydrogens is 316 g/mol. The van der Waals surface area contributed by atoms with E-state index in [-0.39, 0.29) is 11.9 Å². The van der Waals surface area contributed by atoms with Crippen molar-refractivity contribution in [2.45, 2.75) is 32.7 Å². The molecule has 0 aliphatic carbocycles. The van der Waals surface area contributed by atoms with E-state index in [1.54, 1.807) is 12.3 Å². The fourth-order valence-electron chi connectivity index (χ4n) is 3.16. The normalized spacial score (nSPS) is 17.0. The van der Waals surface area contributed by atoms with E-state index in [0.717, 1.165) is 30.6 Å². The molecule has 2 aromatic heterocycles. The largest absolute Gasteiger partial charge is 0.353 e. The lowest BCUT2D eigenvalue weighted by molar-refractivity contribution is 0.0928. The average molecular weight is 336 g/mol. The first-order valence-corrected chi connectivity index (χ1v) is 8.28. The zero-order valence-corrected chi connectivity index (χ0v) is 14.4. The van der Waals surface area contributed by atoms with Gasteiger partial charge in [-0.2, -0.15) is 5.26 Å². The minimum atomic E-state index is -0.205. The number of piperidine rings is 1. The number of hydrogen-bond acceptors (Lipinski definition) is 6. The minimum Gasteiger partial charge on any atom is -0.353 e. The fraction of sp³-hybridized carbons (Fsp3) is 0.389. The van der Waals surface area contributed by atoms with Crippen molar-refractivity contribution >= 4 is 11.7 Å². The molecule has 25 heavy (non-hydrogen) atoms. The second-order valence-electron chi connectivity index (χ2n) is 6.24. The van der Waals surface area contributed by atoms with Gasteiger partial charge in [0.2, 0.25) is 0 Å². The highest BCUT2D eigenvalue weighted by atomic mass is 16.1. The highest BCUT2D eigenvalue weighted by Gasteiger charge is 2.25. The van der Waals surface area contributed by atoms with Crippen molar-refractivity contribution in [3.05, 3.63) is 47.2 Å². The van der Waals surface area contributed by atoms with Crippen LogP contribution >= 0.6 is 0 Å². The van der Waals surface area contributed by atoms with Crippen LogP contribution in [0, 0.1) is 25.2 Å². The Morgan fingerprint density at radius 3 is 3.00 bits per heavy atom. The number of pyridine rings is 1. The smallest absolute Gasteiger partial charge is 0.270 e. The number of carbonyl (C=O) groups is 1. The van der Waals surface area contributed by atoms with Crippen molar-refractivity contribution in [1.82, 2.24) is 20.3 Å². The SMILES string of the molecule is Cc1cc(C)c(C#N)c(N2CCCC(NC(=O)c3ccncn3)C2)n1. The summed E-state index contributed by atoms with van der Waals surface area (Å²) in [5.74, 6) is 0.504. The molecular formula is C18H20N6O. The van der Waals surface area contributed by atoms with Gasteiger partial charge in [0.1, 0.15) is 23.9 Å². The summed E-state index contributed by atoms with van der Waals surface area (Å²) in [4.78, 5) is 26.8. The number of aromatic nitrogens is 3. The molecule has 0 bridgehead atoms. The maximum atomic E-state index is 12.3. The second kappa shape index (κ2) is 7.26.